The molecule has 0 spiro atoms. The van der Waals surface area contributed by atoms with Crippen molar-refractivity contribution in [2.75, 3.05) is 6.61 Å². The molecule has 0 radical (unpaired) electrons. The van der Waals surface area contributed by atoms with Gasteiger partial charge in [0, 0.05) is 0 Å². The highest BCUT2D eigenvalue weighted by molar-refractivity contribution is 5.76. The fraction of sp³-hybridized carbons (Fsp3) is 0.700. The van der Waals surface area contributed by atoms with Crippen molar-refractivity contribution in [1.82, 2.24) is 0 Å². The van der Waals surface area contributed by atoms with E-state index in [0.717, 1.165) is 6.42 Å². The van der Waals surface area contributed by atoms with Crippen molar-refractivity contribution in [3.63, 3.8) is 0 Å². The molecule has 4 heteroatoms. The van der Waals surface area contributed by atoms with E-state index >= 15 is 0 Å². The molecule has 0 bridgehead atoms. The predicted octanol–water partition coefficient (Wildman–Crippen LogP) is 0.594. The Hall–Kier alpha value is -0.870. The topological polar surface area (TPSA) is 72.5 Å². The highest BCUT2D eigenvalue weighted by Gasteiger charge is 2.25. The highest BCUT2D eigenvalue weighted by Crippen LogP contribution is 2.10. The second-order valence-electron chi connectivity index (χ2n) is 3.13. The molecule has 0 rings (SSSR count). The molecule has 2 unspecified atom stereocenters. The van der Waals surface area contributed by atoms with Crippen LogP contribution >= 0.6 is 0 Å². The van der Waals surface area contributed by atoms with Crippen molar-refractivity contribution in [2.45, 2.75) is 38.8 Å². The lowest BCUT2D eigenvalue weighted by Gasteiger charge is -2.18. The lowest BCUT2D eigenvalue weighted by molar-refractivity contribution is -0.146. The van der Waals surface area contributed by atoms with Gasteiger partial charge in [-0.1, -0.05) is 19.9 Å². The lowest BCUT2D eigenvalue weighted by atomic mass is 10.0. The third-order valence-electron chi connectivity index (χ3n) is 1.89. The van der Waals surface area contributed by atoms with Crippen LogP contribution in [0.3, 0.4) is 0 Å². The van der Waals surface area contributed by atoms with Gasteiger partial charge in [0.15, 0.2) is 0 Å². The summed E-state index contributed by atoms with van der Waals surface area (Å²) < 4.78 is 4.69. The molecule has 0 aromatic rings. The molecule has 0 aliphatic carbocycles. The summed E-state index contributed by atoms with van der Waals surface area (Å²) in [5.74, 6) is -0.586. The summed E-state index contributed by atoms with van der Waals surface area (Å²) in [6.07, 6.45) is 0.522. The van der Waals surface area contributed by atoms with E-state index in [1.165, 1.54) is 0 Å². The predicted molar refractivity (Wildman–Crippen MR) is 54.7 cm³/mol. The van der Waals surface area contributed by atoms with Gasteiger partial charge in [0.2, 0.25) is 0 Å². The maximum atomic E-state index is 11.1. The zero-order valence-corrected chi connectivity index (χ0v) is 8.82. The minimum atomic E-state index is -1.02. The van der Waals surface area contributed by atoms with E-state index in [0.29, 0.717) is 12.0 Å². The van der Waals surface area contributed by atoms with E-state index in [1.54, 1.807) is 6.92 Å². The normalized spacial score (nSPS) is 14.6. The maximum absolute atomic E-state index is 11.1. The number of carbonyl (C=O) groups is 1. The van der Waals surface area contributed by atoms with Gasteiger partial charge >= 0.3 is 5.97 Å². The van der Waals surface area contributed by atoms with Gasteiger partial charge in [-0.25, -0.2) is 0 Å². The monoisotopic (exact) mass is 201 g/mol. The summed E-state index contributed by atoms with van der Waals surface area (Å²) >= 11 is 0. The zero-order valence-electron chi connectivity index (χ0n) is 8.82. The first-order valence-electron chi connectivity index (χ1n) is 4.82. The average Bonchev–Trinajstić information content (AvgIpc) is 2.16. The molecule has 0 aromatic heterocycles. The molecule has 0 fully saturated rings. The summed E-state index contributed by atoms with van der Waals surface area (Å²) in [7, 11) is 0. The van der Waals surface area contributed by atoms with Gasteiger partial charge in [0.25, 0.3) is 0 Å². The van der Waals surface area contributed by atoms with Crippen molar-refractivity contribution >= 4 is 5.97 Å². The lowest BCUT2D eigenvalue weighted by Crippen LogP contribution is -2.43. The molecule has 0 aliphatic heterocycles. The summed E-state index contributed by atoms with van der Waals surface area (Å²) in [5.41, 5.74) is 6.07. The average molecular weight is 201 g/mol. The Morgan fingerprint density at radius 2 is 2.14 bits per heavy atom. The number of aliphatic hydroxyl groups excluding tert-OH is 1. The number of rotatable bonds is 6. The third-order valence-corrected chi connectivity index (χ3v) is 1.89. The van der Waals surface area contributed by atoms with Crippen LogP contribution in [0.5, 0.6) is 0 Å². The van der Waals surface area contributed by atoms with Crippen LogP contribution in [-0.2, 0) is 9.53 Å². The van der Waals surface area contributed by atoms with Gasteiger partial charge < -0.3 is 15.6 Å². The van der Waals surface area contributed by atoms with Crippen LogP contribution in [0, 0.1) is 0 Å². The fourth-order valence-corrected chi connectivity index (χ4v) is 1.09. The van der Waals surface area contributed by atoms with Crippen molar-refractivity contribution in [2.24, 2.45) is 5.73 Å². The van der Waals surface area contributed by atoms with E-state index in [2.05, 4.69) is 11.3 Å². The Labute approximate surface area is 84.7 Å². The molecule has 14 heavy (non-hydrogen) atoms. The van der Waals surface area contributed by atoms with E-state index in [-0.39, 0.29) is 6.61 Å². The number of nitrogens with two attached hydrogens (primary N) is 1. The second kappa shape index (κ2) is 6.56. The number of ether oxygens (including phenoxy) is 1. The van der Waals surface area contributed by atoms with Crippen LogP contribution in [-0.4, -0.2) is 29.8 Å². The Morgan fingerprint density at radius 1 is 1.57 bits per heavy atom. The Bertz CT molecular complexity index is 182. The van der Waals surface area contributed by atoms with Gasteiger partial charge in [-0.05, 0) is 18.9 Å². The number of esters is 1. The first-order valence-corrected chi connectivity index (χ1v) is 4.82. The largest absolute Gasteiger partial charge is 0.465 e. The van der Waals surface area contributed by atoms with E-state index < -0.39 is 18.1 Å². The molecule has 0 aliphatic rings. The summed E-state index contributed by atoms with van der Waals surface area (Å²) in [6, 6.07) is -1.02. The van der Waals surface area contributed by atoms with Gasteiger partial charge in [-0.15, -0.1) is 0 Å². The van der Waals surface area contributed by atoms with Crippen molar-refractivity contribution in [3.05, 3.63) is 12.2 Å². The zero-order chi connectivity index (χ0) is 11.1. The molecule has 0 amide bonds. The quantitative estimate of drug-likeness (QED) is 0.487. The Kier molecular flexibility index (Phi) is 6.16. The highest BCUT2D eigenvalue weighted by atomic mass is 16.5. The van der Waals surface area contributed by atoms with Crippen LogP contribution in [0.4, 0.5) is 0 Å². The van der Waals surface area contributed by atoms with Gasteiger partial charge in [0.1, 0.15) is 12.1 Å². The molecule has 2 atom stereocenters. The molecule has 82 valence electrons. The number of carbonyl (C=O) groups excluding carboxylic acids is 1. The van der Waals surface area contributed by atoms with Gasteiger partial charge in [-0.2, -0.15) is 0 Å². The molecular formula is C10H19NO3. The van der Waals surface area contributed by atoms with E-state index in [9.17, 15) is 9.90 Å². The molecule has 4 nitrogen and oxygen atoms in total. The third kappa shape index (κ3) is 3.89. The number of hydrogen-bond acceptors (Lipinski definition) is 4. The van der Waals surface area contributed by atoms with Crippen LogP contribution in [0.25, 0.3) is 0 Å². The van der Waals surface area contributed by atoms with Gasteiger partial charge in [0.05, 0.1) is 6.61 Å². The van der Waals surface area contributed by atoms with Crippen molar-refractivity contribution in [3.8, 4) is 0 Å². The number of aliphatic hydroxyl groups is 1. The van der Waals surface area contributed by atoms with Crippen LogP contribution < -0.4 is 5.73 Å². The molecule has 0 saturated carbocycles. The Morgan fingerprint density at radius 3 is 2.57 bits per heavy atom. The molecule has 0 heterocycles. The first kappa shape index (κ1) is 13.1. The molecule has 0 aromatic carbocycles. The van der Waals surface area contributed by atoms with Crippen LogP contribution in [0.15, 0.2) is 12.2 Å². The Balaban J connectivity index is 4.16. The number of hydrogen-bond donors (Lipinski definition) is 2. The second-order valence-corrected chi connectivity index (χ2v) is 3.13. The molecular weight excluding hydrogens is 182 g/mol. The summed E-state index contributed by atoms with van der Waals surface area (Å²) in [6.45, 7) is 7.59. The fourth-order valence-electron chi connectivity index (χ4n) is 1.09. The SMILES string of the molecule is C=C(CCC)C(O)C(N)C(=O)OCC. The van der Waals surface area contributed by atoms with Crippen molar-refractivity contribution < 1.29 is 14.6 Å². The van der Waals surface area contributed by atoms with Crippen molar-refractivity contribution in [1.29, 1.82) is 0 Å². The minimum Gasteiger partial charge on any atom is -0.465 e. The maximum Gasteiger partial charge on any atom is 0.325 e. The van der Waals surface area contributed by atoms with E-state index in [4.69, 9.17) is 5.73 Å². The first-order chi connectivity index (χ1) is 6.54. The summed E-state index contributed by atoms with van der Waals surface area (Å²) in [4.78, 5) is 11.1. The smallest absolute Gasteiger partial charge is 0.325 e. The van der Waals surface area contributed by atoms with Crippen LogP contribution in [0.1, 0.15) is 26.7 Å². The van der Waals surface area contributed by atoms with Crippen LogP contribution in [0.2, 0.25) is 0 Å². The summed E-state index contributed by atoms with van der Waals surface area (Å²) in [5, 5.41) is 9.59. The van der Waals surface area contributed by atoms with Gasteiger partial charge in [-0.3, -0.25) is 4.79 Å². The standard InChI is InChI=1S/C10H19NO3/c1-4-6-7(3)9(12)8(11)10(13)14-5-2/h8-9,12H,3-6,11H2,1-2H3. The minimum absolute atomic E-state index is 0.263. The van der Waals surface area contributed by atoms with E-state index in [1.807, 2.05) is 6.92 Å². The molecule has 3 N–H and O–H groups in total. The molecule has 0 saturated heterocycles.